The minimum Gasteiger partial charge on any atom is -0.295 e. The molecule has 1 rings (SSSR count). The predicted octanol–water partition coefficient (Wildman–Crippen LogP) is 5.12. The summed E-state index contributed by atoms with van der Waals surface area (Å²) in [5, 5.41) is 0. The fourth-order valence-corrected chi connectivity index (χ4v) is 2.02. The first-order valence-corrected chi connectivity index (χ1v) is 7.28. The van der Waals surface area contributed by atoms with Crippen molar-refractivity contribution in [1.82, 2.24) is 0 Å². The van der Waals surface area contributed by atoms with Crippen LogP contribution in [-0.2, 0) is 25.9 Å². The van der Waals surface area contributed by atoms with Crippen molar-refractivity contribution in [3.63, 3.8) is 0 Å². The van der Waals surface area contributed by atoms with Gasteiger partial charge in [0.05, 0.1) is 0 Å². The topological polar surface area (TPSA) is 17.1 Å². The van der Waals surface area contributed by atoms with Gasteiger partial charge in [0.1, 0.15) is 0 Å². The Balaban J connectivity index is 0.00000361. The van der Waals surface area contributed by atoms with Gasteiger partial charge in [0, 0.05) is 27.5 Å². The molecule has 1 nitrogen and oxygen atoms in total. The Bertz CT molecular complexity index is 418. The zero-order chi connectivity index (χ0) is 14.3. The molecule has 0 amide bonds. The maximum Gasteiger partial charge on any atom is 0.158 e. The smallest absolute Gasteiger partial charge is 0.158 e. The third kappa shape index (κ3) is 7.80. The molecule has 1 aromatic carbocycles. The Hall–Kier alpha value is -0.682. The van der Waals surface area contributed by atoms with Crippen LogP contribution >= 0.6 is 0 Å². The number of rotatable bonds is 7. The number of hydrogen-bond donors (Lipinski definition) is 0. The Morgan fingerprint density at radius 1 is 1.05 bits per heavy atom. The van der Waals surface area contributed by atoms with E-state index in [4.69, 9.17) is 0 Å². The third-order valence-electron chi connectivity index (χ3n) is 3.08. The fourth-order valence-electron chi connectivity index (χ4n) is 2.02. The predicted molar refractivity (Wildman–Crippen MR) is 83.0 cm³/mol. The summed E-state index contributed by atoms with van der Waals surface area (Å²) in [7, 11) is 0. The minimum atomic E-state index is 0. The maximum absolute atomic E-state index is 12.3. The summed E-state index contributed by atoms with van der Waals surface area (Å²) in [6, 6.07) is 10.1. The van der Waals surface area contributed by atoms with E-state index < -0.39 is 0 Å². The van der Waals surface area contributed by atoms with E-state index in [1.165, 1.54) is 0 Å². The first-order valence-electron chi connectivity index (χ1n) is 7.28. The van der Waals surface area contributed by atoms with Crippen molar-refractivity contribution >= 4 is 11.9 Å². The number of allylic oxidation sites excluding steroid dienone is 1. The van der Waals surface area contributed by atoms with Crippen molar-refractivity contribution in [2.45, 2.75) is 47.0 Å². The van der Waals surface area contributed by atoms with Crippen LogP contribution in [0.25, 0.3) is 6.08 Å². The maximum atomic E-state index is 12.3. The van der Waals surface area contributed by atoms with Gasteiger partial charge in [-0.05, 0) is 41.9 Å². The molecule has 2 heteroatoms. The van der Waals surface area contributed by atoms with Crippen LogP contribution in [0, 0.1) is 11.8 Å². The van der Waals surface area contributed by atoms with Crippen LogP contribution in [0.15, 0.2) is 35.9 Å². The SMILES string of the molecule is CC(C)CCC(=O)C(=Cc1ccccc1)CC(C)C.[Pt]. The normalized spacial score (nSPS) is 11.6. The van der Waals surface area contributed by atoms with Gasteiger partial charge in [-0.25, -0.2) is 0 Å². The first-order chi connectivity index (χ1) is 8.99. The Labute approximate surface area is 138 Å². The van der Waals surface area contributed by atoms with Gasteiger partial charge in [-0.2, -0.15) is 0 Å². The van der Waals surface area contributed by atoms with E-state index in [9.17, 15) is 4.79 Å². The van der Waals surface area contributed by atoms with Gasteiger partial charge in [0.2, 0.25) is 0 Å². The van der Waals surface area contributed by atoms with Crippen LogP contribution in [0.1, 0.15) is 52.5 Å². The van der Waals surface area contributed by atoms with Crippen molar-refractivity contribution in [2.24, 2.45) is 11.8 Å². The Kier molecular flexibility index (Phi) is 9.76. The van der Waals surface area contributed by atoms with E-state index in [-0.39, 0.29) is 21.1 Å². The number of benzene rings is 1. The quantitative estimate of drug-likeness (QED) is 0.524. The van der Waals surface area contributed by atoms with Gasteiger partial charge in [0.15, 0.2) is 5.78 Å². The molecule has 0 N–H and O–H groups in total. The molecule has 20 heavy (non-hydrogen) atoms. The average molecular weight is 453 g/mol. The fraction of sp³-hybridized carbons (Fsp3) is 0.500. The van der Waals surface area contributed by atoms with Gasteiger partial charge < -0.3 is 0 Å². The molecule has 0 fully saturated rings. The van der Waals surface area contributed by atoms with Crippen LogP contribution in [-0.4, -0.2) is 5.78 Å². The van der Waals surface area contributed by atoms with E-state index in [1.54, 1.807) is 0 Å². The summed E-state index contributed by atoms with van der Waals surface area (Å²) in [5.74, 6) is 1.41. The number of ketones is 1. The van der Waals surface area contributed by atoms with Crippen LogP contribution in [0.3, 0.4) is 0 Å². The second-order valence-electron chi connectivity index (χ2n) is 6.03. The first kappa shape index (κ1) is 19.3. The van der Waals surface area contributed by atoms with Crippen LogP contribution in [0.2, 0.25) is 0 Å². The standard InChI is InChI=1S/C18H26O.Pt/c1-14(2)10-11-18(19)17(12-15(3)4)13-16-8-6-5-7-9-16;/h5-9,13-15H,10-12H2,1-4H3;. The van der Waals surface area contributed by atoms with Crippen molar-refractivity contribution < 1.29 is 25.9 Å². The molecular weight excluding hydrogens is 427 g/mol. The molecular formula is C18H26OPt. The van der Waals surface area contributed by atoms with Gasteiger partial charge in [-0.1, -0.05) is 58.0 Å². The molecule has 0 aliphatic carbocycles. The van der Waals surface area contributed by atoms with Gasteiger partial charge in [-0.15, -0.1) is 0 Å². The van der Waals surface area contributed by atoms with Crippen molar-refractivity contribution in [3.05, 3.63) is 41.5 Å². The molecule has 0 saturated carbocycles. The number of Topliss-reactive ketones (excluding diaryl/α,β-unsaturated/α-hetero) is 1. The molecule has 0 unspecified atom stereocenters. The van der Waals surface area contributed by atoms with Gasteiger partial charge in [0.25, 0.3) is 0 Å². The molecule has 0 atom stereocenters. The number of carbonyl (C=O) groups is 1. The second-order valence-corrected chi connectivity index (χ2v) is 6.03. The summed E-state index contributed by atoms with van der Waals surface area (Å²) < 4.78 is 0. The average Bonchev–Trinajstić information content (AvgIpc) is 2.36. The van der Waals surface area contributed by atoms with E-state index >= 15 is 0 Å². The van der Waals surface area contributed by atoms with Gasteiger partial charge >= 0.3 is 0 Å². The Morgan fingerprint density at radius 2 is 1.65 bits per heavy atom. The van der Waals surface area contributed by atoms with E-state index in [0.717, 1.165) is 24.0 Å². The molecule has 0 spiro atoms. The molecule has 0 aromatic heterocycles. The second kappa shape index (κ2) is 10.1. The molecule has 114 valence electrons. The summed E-state index contributed by atoms with van der Waals surface area (Å²) >= 11 is 0. The van der Waals surface area contributed by atoms with Gasteiger partial charge in [-0.3, -0.25) is 4.79 Å². The van der Waals surface area contributed by atoms with Crippen molar-refractivity contribution in [3.8, 4) is 0 Å². The van der Waals surface area contributed by atoms with Crippen molar-refractivity contribution in [2.75, 3.05) is 0 Å². The third-order valence-corrected chi connectivity index (χ3v) is 3.08. The molecule has 1 aromatic rings. The summed E-state index contributed by atoms with van der Waals surface area (Å²) in [6.07, 6.45) is 4.57. The Morgan fingerprint density at radius 3 is 2.15 bits per heavy atom. The zero-order valence-corrected chi connectivity index (χ0v) is 15.2. The monoisotopic (exact) mass is 453 g/mol. The largest absolute Gasteiger partial charge is 0.295 e. The molecule has 0 bridgehead atoms. The van der Waals surface area contributed by atoms with E-state index in [0.29, 0.717) is 24.0 Å². The minimum absolute atomic E-state index is 0. The number of carbonyl (C=O) groups excluding carboxylic acids is 1. The zero-order valence-electron chi connectivity index (χ0n) is 13.0. The summed E-state index contributed by atoms with van der Waals surface area (Å²) in [5.41, 5.74) is 2.10. The van der Waals surface area contributed by atoms with E-state index in [1.807, 2.05) is 18.2 Å². The molecule has 0 aliphatic heterocycles. The number of hydrogen-bond acceptors (Lipinski definition) is 1. The molecule has 0 saturated heterocycles. The van der Waals surface area contributed by atoms with Crippen LogP contribution in [0.4, 0.5) is 0 Å². The summed E-state index contributed by atoms with van der Waals surface area (Å²) in [4.78, 5) is 12.3. The van der Waals surface area contributed by atoms with Crippen molar-refractivity contribution in [1.29, 1.82) is 0 Å². The molecule has 0 radical (unpaired) electrons. The summed E-state index contributed by atoms with van der Waals surface area (Å²) in [6.45, 7) is 8.65. The molecule has 0 aliphatic rings. The molecule has 0 heterocycles. The van der Waals surface area contributed by atoms with Crippen LogP contribution in [0.5, 0.6) is 0 Å². The van der Waals surface area contributed by atoms with E-state index in [2.05, 4.69) is 45.9 Å². The van der Waals surface area contributed by atoms with Crippen LogP contribution < -0.4 is 0 Å².